The Labute approximate surface area is 224 Å². The summed E-state index contributed by atoms with van der Waals surface area (Å²) >= 11 is 0. The maximum absolute atomic E-state index is 12.9. The highest BCUT2D eigenvalue weighted by atomic mass is 16.5. The minimum absolute atomic E-state index is 0.296. The molecule has 200 valence electrons. The lowest BCUT2D eigenvalue weighted by Crippen LogP contribution is -2.36. The highest BCUT2D eigenvalue weighted by molar-refractivity contribution is 5.85. The van der Waals surface area contributed by atoms with Crippen LogP contribution in [0.25, 0.3) is 10.9 Å². The minimum atomic E-state index is 0.296. The van der Waals surface area contributed by atoms with Gasteiger partial charge in [0.1, 0.15) is 5.75 Å². The third-order valence-corrected chi connectivity index (χ3v) is 7.10. The number of nitrogens with zero attached hydrogens (tertiary/aromatic N) is 1. The second kappa shape index (κ2) is 16.7. The molecule has 1 unspecified atom stereocenters. The van der Waals surface area contributed by atoms with Crippen LogP contribution < -0.4 is 4.74 Å². The Morgan fingerprint density at radius 1 is 1.00 bits per heavy atom. The average molecular weight is 503 g/mol. The second-order valence-corrected chi connectivity index (χ2v) is 9.94. The molecule has 4 heteroatoms. The number of methoxy groups -OCH3 is 1. The summed E-state index contributed by atoms with van der Waals surface area (Å²) in [5, 5.41) is 1.20. The molecule has 1 fully saturated rings. The van der Waals surface area contributed by atoms with Crippen LogP contribution in [0, 0.1) is 0 Å². The Morgan fingerprint density at radius 2 is 1.68 bits per heavy atom. The van der Waals surface area contributed by atoms with Crippen LogP contribution in [0.15, 0.2) is 73.0 Å². The van der Waals surface area contributed by atoms with Crippen molar-refractivity contribution in [3.63, 3.8) is 0 Å². The van der Waals surface area contributed by atoms with Gasteiger partial charge in [0.05, 0.1) is 7.11 Å². The molecule has 0 bridgehead atoms. The van der Waals surface area contributed by atoms with E-state index < -0.39 is 0 Å². The van der Waals surface area contributed by atoms with E-state index in [1.807, 2.05) is 6.07 Å². The van der Waals surface area contributed by atoms with E-state index in [9.17, 15) is 4.79 Å². The topological polar surface area (TPSA) is 45.3 Å². The summed E-state index contributed by atoms with van der Waals surface area (Å²) in [6.45, 7) is 3.12. The fraction of sp³-hybridized carbons (Fsp3) is 0.485. The molecule has 1 atom stereocenters. The van der Waals surface area contributed by atoms with Gasteiger partial charge in [-0.25, -0.2) is 0 Å². The van der Waals surface area contributed by atoms with Crippen LogP contribution in [0.1, 0.15) is 83.1 Å². The zero-order valence-electron chi connectivity index (χ0n) is 23.0. The number of H-pyrrole nitrogens is 1. The molecule has 0 spiro atoms. The third kappa shape index (κ3) is 9.76. The van der Waals surface area contributed by atoms with E-state index in [0.29, 0.717) is 18.4 Å². The summed E-state index contributed by atoms with van der Waals surface area (Å²) in [6, 6.07) is 6.43. The van der Waals surface area contributed by atoms with Crippen LogP contribution in [-0.4, -0.2) is 35.5 Å². The normalized spacial score (nSPS) is 16.5. The number of unbranched alkanes of at least 4 members (excludes halogenated alkanes) is 3. The molecule has 0 saturated carbocycles. The van der Waals surface area contributed by atoms with E-state index in [-0.39, 0.29) is 0 Å². The van der Waals surface area contributed by atoms with Gasteiger partial charge in [0, 0.05) is 36.1 Å². The molecule has 1 aliphatic heterocycles. The molecule has 1 aromatic carbocycles. The first kappa shape index (κ1) is 28.6. The van der Waals surface area contributed by atoms with Gasteiger partial charge in [-0.3, -0.25) is 4.79 Å². The summed E-state index contributed by atoms with van der Waals surface area (Å²) in [7, 11) is 1.70. The highest BCUT2D eigenvalue weighted by Gasteiger charge is 2.28. The SMILES string of the molecule is CCCC/C=C\C/C=C\C/C=C\C/C=C\CCCC(=O)N1CCCC1Cc1c[nH]c2ccc(OC)cc12. The van der Waals surface area contributed by atoms with Crippen molar-refractivity contribution in [1.29, 1.82) is 0 Å². The molecular weight excluding hydrogens is 456 g/mol. The quantitative estimate of drug-likeness (QED) is 0.185. The van der Waals surface area contributed by atoms with Crippen LogP contribution in [0.3, 0.4) is 0 Å². The number of likely N-dealkylation sites (tertiary alicyclic amines) is 1. The van der Waals surface area contributed by atoms with Crippen LogP contribution in [0.2, 0.25) is 0 Å². The maximum atomic E-state index is 12.9. The minimum Gasteiger partial charge on any atom is -0.497 e. The first-order chi connectivity index (χ1) is 18.2. The van der Waals surface area contributed by atoms with Crippen LogP contribution in [0.4, 0.5) is 0 Å². The predicted octanol–water partition coefficient (Wildman–Crippen LogP) is 8.47. The summed E-state index contributed by atoms with van der Waals surface area (Å²) < 4.78 is 5.41. The van der Waals surface area contributed by atoms with E-state index >= 15 is 0 Å². The molecule has 1 aliphatic rings. The van der Waals surface area contributed by atoms with Gasteiger partial charge in [-0.15, -0.1) is 0 Å². The zero-order chi connectivity index (χ0) is 26.1. The fourth-order valence-electron chi connectivity index (χ4n) is 4.97. The van der Waals surface area contributed by atoms with Crippen molar-refractivity contribution in [3.05, 3.63) is 78.6 Å². The van der Waals surface area contributed by atoms with Gasteiger partial charge in [-0.05, 0) is 81.5 Å². The number of benzene rings is 1. The largest absolute Gasteiger partial charge is 0.497 e. The van der Waals surface area contributed by atoms with Crippen molar-refractivity contribution in [3.8, 4) is 5.75 Å². The van der Waals surface area contributed by atoms with Gasteiger partial charge in [-0.2, -0.15) is 0 Å². The van der Waals surface area contributed by atoms with Crippen LogP contribution >= 0.6 is 0 Å². The number of amides is 1. The Bertz CT molecular complexity index is 1060. The smallest absolute Gasteiger partial charge is 0.222 e. The Kier molecular flexibility index (Phi) is 12.9. The van der Waals surface area contributed by atoms with Gasteiger partial charge in [0.2, 0.25) is 5.91 Å². The van der Waals surface area contributed by atoms with Crippen molar-refractivity contribution in [2.75, 3.05) is 13.7 Å². The van der Waals surface area contributed by atoms with Crippen molar-refractivity contribution < 1.29 is 9.53 Å². The molecule has 4 nitrogen and oxygen atoms in total. The molecule has 2 heterocycles. The van der Waals surface area contributed by atoms with E-state index in [2.05, 4.69) is 83.7 Å². The molecule has 0 radical (unpaired) electrons. The molecule has 1 N–H and O–H groups in total. The lowest BCUT2D eigenvalue weighted by atomic mass is 10.0. The van der Waals surface area contributed by atoms with Gasteiger partial charge >= 0.3 is 0 Å². The summed E-state index contributed by atoms with van der Waals surface area (Å²) in [5.41, 5.74) is 2.39. The van der Waals surface area contributed by atoms with Gasteiger partial charge in [0.25, 0.3) is 0 Å². The van der Waals surface area contributed by atoms with E-state index in [1.54, 1.807) is 7.11 Å². The first-order valence-electron chi connectivity index (χ1n) is 14.3. The Hall–Kier alpha value is -3.01. The number of fused-ring (bicyclic) bond motifs is 1. The Morgan fingerprint density at radius 3 is 2.35 bits per heavy atom. The maximum Gasteiger partial charge on any atom is 0.222 e. The van der Waals surface area contributed by atoms with Crippen LogP contribution in [0.5, 0.6) is 5.75 Å². The molecule has 3 rings (SSSR count). The molecule has 37 heavy (non-hydrogen) atoms. The molecule has 1 amide bonds. The number of carbonyl (C=O) groups is 1. The number of aromatic nitrogens is 1. The number of aromatic amines is 1. The van der Waals surface area contributed by atoms with Gasteiger partial charge in [0.15, 0.2) is 0 Å². The molecule has 2 aromatic rings. The monoisotopic (exact) mass is 502 g/mol. The molecule has 1 saturated heterocycles. The Balaban J connectivity index is 1.31. The molecule has 1 aromatic heterocycles. The highest BCUT2D eigenvalue weighted by Crippen LogP contribution is 2.28. The van der Waals surface area contributed by atoms with Crippen LogP contribution in [-0.2, 0) is 11.2 Å². The van der Waals surface area contributed by atoms with Gasteiger partial charge in [-0.1, -0.05) is 68.4 Å². The van der Waals surface area contributed by atoms with Crippen molar-refractivity contribution in [2.45, 2.75) is 90.0 Å². The number of hydrogen-bond donors (Lipinski definition) is 1. The molecular formula is C33H46N2O2. The number of rotatable bonds is 16. The molecule has 0 aliphatic carbocycles. The number of nitrogens with one attached hydrogen (secondary N) is 1. The standard InChI is InChI=1S/C33H46N2O2/c1-3-4-5-6-7-8-9-10-11-12-13-14-15-16-17-18-21-33(36)35-24-19-20-29(35)25-28-27-34-32-23-22-30(37-2)26-31(28)32/h6-7,9-10,12-13,15-16,22-23,26-27,29,34H,3-5,8,11,14,17-21,24-25H2,1-2H3/b7-6-,10-9-,13-12-,16-15-. The van der Waals surface area contributed by atoms with Gasteiger partial charge < -0.3 is 14.6 Å². The van der Waals surface area contributed by atoms with E-state index in [1.165, 1.54) is 30.2 Å². The van der Waals surface area contributed by atoms with E-state index in [4.69, 9.17) is 4.74 Å². The third-order valence-electron chi connectivity index (χ3n) is 7.10. The van der Waals surface area contributed by atoms with E-state index in [0.717, 1.165) is 69.2 Å². The number of ether oxygens (including phenoxy) is 1. The predicted molar refractivity (Wildman–Crippen MR) is 157 cm³/mol. The lowest BCUT2D eigenvalue weighted by molar-refractivity contribution is -0.132. The number of allylic oxidation sites excluding steroid dienone is 8. The fourth-order valence-corrected chi connectivity index (χ4v) is 4.97. The first-order valence-corrected chi connectivity index (χ1v) is 14.3. The number of carbonyl (C=O) groups excluding carboxylic acids is 1. The zero-order valence-corrected chi connectivity index (χ0v) is 23.0. The number of hydrogen-bond acceptors (Lipinski definition) is 2. The summed E-state index contributed by atoms with van der Waals surface area (Å²) in [4.78, 5) is 18.4. The van der Waals surface area contributed by atoms with Crippen molar-refractivity contribution >= 4 is 16.8 Å². The van der Waals surface area contributed by atoms with Crippen molar-refractivity contribution in [1.82, 2.24) is 9.88 Å². The summed E-state index contributed by atoms with van der Waals surface area (Å²) in [5.74, 6) is 1.18. The summed E-state index contributed by atoms with van der Waals surface area (Å²) in [6.07, 6.45) is 32.3. The second-order valence-electron chi connectivity index (χ2n) is 9.94. The average Bonchev–Trinajstić information content (AvgIpc) is 3.55. The van der Waals surface area contributed by atoms with Crippen molar-refractivity contribution in [2.24, 2.45) is 0 Å². The lowest BCUT2D eigenvalue weighted by Gasteiger charge is -2.24.